The van der Waals surface area contributed by atoms with Crippen molar-refractivity contribution in [2.45, 2.75) is 6.92 Å². The summed E-state index contributed by atoms with van der Waals surface area (Å²) < 4.78 is 1.26. The summed E-state index contributed by atoms with van der Waals surface area (Å²) in [4.78, 5) is 0. The highest BCUT2D eigenvalue weighted by molar-refractivity contribution is 14.1. The normalized spacial score (nSPS) is 10.5. The van der Waals surface area contributed by atoms with Crippen molar-refractivity contribution in [3.63, 3.8) is 0 Å². The van der Waals surface area contributed by atoms with Crippen molar-refractivity contribution >= 4 is 28.3 Å². The lowest BCUT2D eigenvalue weighted by molar-refractivity contribution is 1.32. The number of rotatable bonds is 3. The van der Waals surface area contributed by atoms with E-state index in [1.54, 1.807) is 0 Å². The molecule has 64 valence electrons. The molecule has 1 nitrogen and oxygen atoms in total. The van der Waals surface area contributed by atoms with Crippen molar-refractivity contribution < 1.29 is 0 Å². The molecular weight excluding hydrogens is 261 g/mol. The van der Waals surface area contributed by atoms with Crippen LogP contribution in [0.4, 0.5) is 5.69 Å². The summed E-state index contributed by atoms with van der Waals surface area (Å²) in [7, 11) is 0. The molecule has 0 aliphatic rings. The van der Waals surface area contributed by atoms with Crippen LogP contribution in [0.2, 0.25) is 0 Å². The van der Waals surface area contributed by atoms with E-state index in [4.69, 9.17) is 0 Å². The van der Waals surface area contributed by atoms with E-state index in [2.05, 4.69) is 58.2 Å². The quantitative estimate of drug-likeness (QED) is 0.658. The third kappa shape index (κ3) is 3.26. The minimum Gasteiger partial charge on any atom is -0.382 e. The molecule has 0 aliphatic carbocycles. The van der Waals surface area contributed by atoms with Crippen molar-refractivity contribution in [1.29, 1.82) is 0 Å². The van der Waals surface area contributed by atoms with Crippen LogP contribution in [-0.2, 0) is 0 Å². The predicted octanol–water partition coefficient (Wildman–Crippen LogP) is 3.28. The SMILES string of the molecule is C/C=C/CNc1cccc(I)c1. The van der Waals surface area contributed by atoms with Gasteiger partial charge in [-0.05, 0) is 47.7 Å². The highest BCUT2D eigenvalue weighted by atomic mass is 127. The van der Waals surface area contributed by atoms with Gasteiger partial charge in [0.05, 0.1) is 0 Å². The van der Waals surface area contributed by atoms with E-state index in [-0.39, 0.29) is 0 Å². The van der Waals surface area contributed by atoms with Crippen molar-refractivity contribution in [3.05, 3.63) is 40.0 Å². The zero-order valence-corrected chi connectivity index (χ0v) is 9.21. The second-order valence-corrected chi connectivity index (χ2v) is 3.71. The maximum atomic E-state index is 3.29. The van der Waals surface area contributed by atoms with Crippen molar-refractivity contribution in [2.75, 3.05) is 11.9 Å². The number of allylic oxidation sites excluding steroid dienone is 1. The van der Waals surface area contributed by atoms with Gasteiger partial charge in [-0.25, -0.2) is 0 Å². The summed E-state index contributed by atoms with van der Waals surface area (Å²) in [5.41, 5.74) is 1.18. The first-order valence-corrected chi connectivity index (χ1v) is 5.01. The number of benzene rings is 1. The average molecular weight is 273 g/mol. The summed E-state index contributed by atoms with van der Waals surface area (Å²) in [6.45, 7) is 2.92. The third-order valence-corrected chi connectivity index (χ3v) is 2.16. The van der Waals surface area contributed by atoms with Crippen LogP contribution < -0.4 is 5.32 Å². The van der Waals surface area contributed by atoms with Crippen molar-refractivity contribution in [3.8, 4) is 0 Å². The van der Waals surface area contributed by atoms with Gasteiger partial charge >= 0.3 is 0 Å². The van der Waals surface area contributed by atoms with E-state index in [0.717, 1.165) is 6.54 Å². The molecule has 0 heterocycles. The number of hydrogen-bond donors (Lipinski definition) is 1. The summed E-state index contributed by atoms with van der Waals surface area (Å²) in [6, 6.07) is 8.34. The Morgan fingerprint density at radius 2 is 2.33 bits per heavy atom. The molecule has 1 N–H and O–H groups in total. The van der Waals surface area contributed by atoms with Crippen LogP contribution in [0.3, 0.4) is 0 Å². The fourth-order valence-corrected chi connectivity index (χ4v) is 1.44. The molecule has 0 saturated heterocycles. The number of anilines is 1. The van der Waals surface area contributed by atoms with Gasteiger partial charge in [0.2, 0.25) is 0 Å². The van der Waals surface area contributed by atoms with E-state index in [9.17, 15) is 0 Å². The third-order valence-electron chi connectivity index (χ3n) is 1.48. The Labute approximate surface area is 87.0 Å². The van der Waals surface area contributed by atoms with Gasteiger partial charge in [0.15, 0.2) is 0 Å². The number of halogens is 1. The Morgan fingerprint density at radius 3 is 3.00 bits per heavy atom. The fraction of sp³-hybridized carbons (Fsp3) is 0.200. The van der Waals surface area contributed by atoms with Crippen LogP contribution in [0.15, 0.2) is 36.4 Å². The topological polar surface area (TPSA) is 12.0 Å². The van der Waals surface area contributed by atoms with Gasteiger partial charge in [0.25, 0.3) is 0 Å². The number of nitrogens with one attached hydrogen (secondary N) is 1. The van der Waals surface area contributed by atoms with Crippen LogP contribution in [0.25, 0.3) is 0 Å². The lowest BCUT2D eigenvalue weighted by Gasteiger charge is -2.02. The molecule has 0 fully saturated rings. The van der Waals surface area contributed by atoms with Gasteiger partial charge in [0, 0.05) is 15.8 Å². The fourth-order valence-electron chi connectivity index (χ4n) is 0.893. The first kappa shape index (κ1) is 9.58. The summed E-state index contributed by atoms with van der Waals surface area (Å²) >= 11 is 2.31. The van der Waals surface area contributed by atoms with Gasteiger partial charge in [-0.1, -0.05) is 18.2 Å². The van der Waals surface area contributed by atoms with E-state index in [1.807, 2.05) is 13.0 Å². The maximum absolute atomic E-state index is 3.29. The molecule has 2 heteroatoms. The molecule has 0 bridgehead atoms. The first-order chi connectivity index (χ1) is 5.83. The van der Waals surface area contributed by atoms with E-state index >= 15 is 0 Å². The van der Waals surface area contributed by atoms with Crippen LogP contribution in [0.1, 0.15) is 6.92 Å². The molecule has 1 aromatic rings. The second kappa shape index (κ2) is 5.19. The predicted molar refractivity (Wildman–Crippen MR) is 62.5 cm³/mol. The van der Waals surface area contributed by atoms with Crippen LogP contribution in [0, 0.1) is 3.57 Å². The largest absolute Gasteiger partial charge is 0.382 e. The van der Waals surface area contributed by atoms with Crippen LogP contribution in [-0.4, -0.2) is 6.54 Å². The molecule has 0 unspecified atom stereocenters. The standard InChI is InChI=1S/C10H12IN/c1-2-3-7-12-10-6-4-5-9(11)8-10/h2-6,8,12H,7H2,1H3/b3-2+. The van der Waals surface area contributed by atoms with Crippen molar-refractivity contribution in [2.24, 2.45) is 0 Å². The average Bonchev–Trinajstić information content (AvgIpc) is 2.05. The smallest absolute Gasteiger partial charge is 0.0353 e. The maximum Gasteiger partial charge on any atom is 0.0353 e. The number of hydrogen-bond acceptors (Lipinski definition) is 1. The Morgan fingerprint density at radius 1 is 1.50 bits per heavy atom. The van der Waals surface area contributed by atoms with Gasteiger partial charge in [-0.15, -0.1) is 0 Å². The summed E-state index contributed by atoms with van der Waals surface area (Å²) in [5, 5.41) is 3.29. The molecule has 1 aromatic carbocycles. The zero-order valence-electron chi connectivity index (χ0n) is 7.05. The molecular formula is C10H12IN. The van der Waals surface area contributed by atoms with E-state index in [0.29, 0.717) is 0 Å². The molecule has 0 saturated carbocycles. The molecule has 0 atom stereocenters. The summed E-state index contributed by atoms with van der Waals surface area (Å²) in [6.07, 6.45) is 4.14. The van der Waals surface area contributed by atoms with Gasteiger partial charge in [0.1, 0.15) is 0 Å². The Balaban J connectivity index is 2.52. The minimum atomic E-state index is 0.899. The molecule has 0 amide bonds. The second-order valence-electron chi connectivity index (χ2n) is 2.46. The van der Waals surface area contributed by atoms with E-state index < -0.39 is 0 Å². The molecule has 12 heavy (non-hydrogen) atoms. The zero-order chi connectivity index (χ0) is 8.81. The lowest BCUT2D eigenvalue weighted by Crippen LogP contribution is -1.97. The highest BCUT2D eigenvalue weighted by Crippen LogP contribution is 2.11. The Kier molecular flexibility index (Phi) is 4.14. The van der Waals surface area contributed by atoms with E-state index in [1.165, 1.54) is 9.26 Å². The Bertz CT molecular complexity index is 268. The molecule has 0 spiro atoms. The molecule has 0 aromatic heterocycles. The van der Waals surface area contributed by atoms with Gasteiger partial charge < -0.3 is 5.32 Å². The molecule has 0 radical (unpaired) electrons. The monoisotopic (exact) mass is 273 g/mol. The minimum absolute atomic E-state index is 0.899. The van der Waals surface area contributed by atoms with Crippen LogP contribution in [0.5, 0.6) is 0 Å². The molecule has 0 aliphatic heterocycles. The van der Waals surface area contributed by atoms with Gasteiger partial charge in [-0.3, -0.25) is 0 Å². The lowest BCUT2D eigenvalue weighted by atomic mass is 10.3. The first-order valence-electron chi connectivity index (χ1n) is 3.93. The molecule has 1 rings (SSSR count). The summed E-state index contributed by atoms with van der Waals surface area (Å²) in [5.74, 6) is 0. The highest BCUT2D eigenvalue weighted by Gasteiger charge is 1.89. The Hall–Kier alpha value is -0.510. The van der Waals surface area contributed by atoms with Gasteiger partial charge in [-0.2, -0.15) is 0 Å². The van der Waals surface area contributed by atoms with Crippen LogP contribution >= 0.6 is 22.6 Å². The van der Waals surface area contributed by atoms with Crippen molar-refractivity contribution in [1.82, 2.24) is 0 Å².